The van der Waals surface area contributed by atoms with Crippen molar-refractivity contribution in [3.05, 3.63) is 29.3 Å². The van der Waals surface area contributed by atoms with E-state index in [0.717, 1.165) is 38.3 Å². The van der Waals surface area contributed by atoms with E-state index in [1.54, 1.807) is 4.90 Å². The first-order valence-corrected chi connectivity index (χ1v) is 9.73. The maximum Gasteiger partial charge on any atom is 0.222 e. The summed E-state index contributed by atoms with van der Waals surface area (Å²) in [5.41, 5.74) is 2.39. The first-order chi connectivity index (χ1) is 12.3. The number of amides is 1. The van der Waals surface area contributed by atoms with Crippen LogP contribution in [0.25, 0.3) is 0 Å². The fourth-order valence-electron chi connectivity index (χ4n) is 3.41. The van der Waals surface area contributed by atoms with Crippen LogP contribution in [0.5, 0.6) is 5.75 Å². The summed E-state index contributed by atoms with van der Waals surface area (Å²) >= 11 is 0. The summed E-state index contributed by atoms with van der Waals surface area (Å²) in [6, 6.07) is 6.66. The Morgan fingerprint density at radius 2 is 1.77 bits per heavy atom. The van der Waals surface area contributed by atoms with Gasteiger partial charge in [-0.3, -0.25) is 9.69 Å². The summed E-state index contributed by atoms with van der Waals surface area (Å²) in [6.07, 6.45) is 1.53. The van der Waals surface area contributed by atoms with Crippen LogP contribution in [0.3, 0.4) is 0 Å². The summed E-state index contributed by atoms with van der Waals surface area (Å²) < 4.78 is 5.81. The minimum Gasteiger partial charge on any atom is -0.492 e. The number of aryl methyl sites for hydroxylation is 2. The van der Waals surface area contributed by atoms with Gasteiger partial charge < -0.3 is 14.5 Å². The van der Waals surface area contributed by atoms with Crippen LogP contribution in [0, 0.1) is 13.8 Å². The average Bonchev–Trinajstić information content (AvgIpc) is 2.59. The summed E-state index contributed by atoms with van der Waals surface area (Å²) in [6.45, 7) is 12.0. The number of hydrogen-bond acceptors (Lipinski definition) is 4. The molecule has 1 amide bonds. The lowest BCUT2D eigenvalue weighted by Crippen LogP contribution is -2.48. The zero-order chi connectivity index (χ0) is 19.1. The molecule has 0 aliphatic carbocycles. The summed E-state index contributed by atoms with van der Waals surface area (Å²) in [7, 11) is 4.04. The SMILES string of the molecule is Cc1cc(C)cc(OCCN(C)C(=O)CCC(C)N2CCN(C)CC2)c1. The predicted octanol–water partition coefficient (Wildman–Crippen LogP) is 2.56. The third kappa shape index (κ3) is 6.61. The van der Waals surface area contributed by atoms with E-state index in [9.17, 15) is 4.79 Å². The smallest absolute Gasteiger partial charge is 0.222 e. The number of likely N-dealkylation sites (N-methyl/N-ethyl adjacent to an activating group) is 2. The molecule has 0 radical (unpaired) electrons. The van der Waals surface area contributed by atoms with Crippen molar-refractivity contribution in [2.75, 3.05) is 53.4 Å². The Labute approximate surface area is 158 Å². The molecule has 146 valence electrons. The van der Waals surface area contributed by atoms with E-state index in [-0.39, 0.29) is 5.91 Å². The molecule has 1 saturated heterocycles. The second-order valence-corrected chi connectivity index (χ2v) is 7.71. The Balaban J connectivity index is 1.67. The van der Waals surface area contributed by atoms with Crippen molar-refractivity contribution in [3.63, 3.8) is 0 Å². The number of ether oxygens (including phenoxy) is 1. The lowest BCUT2D eigenvalue weighted by atomic mass is 10.1. The van der Waals surface area contributed by atoms with Crippen molar-refractivity contribution in [2.45, 2.75) is 39.7 Å². The molecule has 5 nitrogen and oxygen atoms in total. The Kier molecular flexibility index (Phi) is 7.91. The molecule has 5 heteroatoms. The highest BCUT2D eigenvalue weighted by Gasteiger charge is 2.20. The van der Waals surface area contributed by atoms with Crippen molar-refractivity contribution in [1.82, 2.24) is 14.7 Å². The van der Waals surface area contributed by atoms with Gasteiger partial charge in [0.05, 0.1) is 6.54 Å². The van der Waals surface area contributed by atoms with Crippen molar-refractivity contribution in [1.29, 1.82) is 0 Å². The number of rotatable bonds is 8. The second-order valence-electron chi connectivity index (χ2n) is 7.71. The van der Waals surface area contributed by atoms with E-state index in [2.05, 4.69) is 43.7 Å². The maximum atomic E-state index is 12.4. The molecule has 1 fully saturated rings. The lowest BCUT2D eigenvalue weighted by molar-refractivity contribution is -0.130. The molecule has 0 aromatic heterocycles. The third-order valence-corrected chi connectivity index (χ3v) is 5.25. The highest BCUT2D eigenvalue weighted by molar-refractivity contribution is 5.75. The minimum atomic E-state index is 0.204. The van der Waals surface area contributed by atoms with Gasteiger partial charge in [0.25, 0.3) is 0 Å². The zero-order valence-electron chi connectivity index (χ0n) is 17.1. The van der Waals surface area contributed by atoms with Crippen LogP contribution in [-0.4, -0.2) is 80.1 Å². The Hall–Kier alpha value is -1.59. The van der Waals surface area contributed by atoms with Gasteiger partial charge in [-0.25, -0.2) is 0 Å². The monoisotopic (exact) mass is 361 g/mol. The molecule has 1 heterocycles. The van der Waals surface area contributed by atoms with Crippen LogP contribution in [0.15, 0.2) is 18.2 Å². The van der Waals surface area contributed by atoms with Gasteiger partial charge in [-0.05, 0) is 57.5 Å². The van der Waals surface area contributed by atoms with Gasteiger partial charge in [-0.1, -0.05) is 6.07 Å². The molecule has 0 saturated carbocycles. The largest absolute Gasteiger partial charge is 0.492 e. The number of carbonyl (C=O) groups is 1. The lowest BCUT2D eigenvalue weighted by Gasteiger charge is -2.36. The summed E-state index contributed by atoms with van der Waals surface area (Å²) in [4.78, 5) is 19.0. The fourth-order valence-corrected chi connectivity index (χ4v) is 3.41. The first-order valence-electron chi connectivity index (χ1n) is 9.73. The molecule has 0 N–H and O–H groups in total. The van der Waals surface area contributed by atoms with Gasteiger partial charge in [0.1, 0.15) is 12.4 Å². The van der Waals surface area contributed by atoms with Crippen LogP contribution >= 0.6 is 0 Å². The summed E-state index contributed by atoms with van der Waals surface area (Å²) in [5, 5.41) is 0. The van der Waals surface area contributed by atoms with E-state index >= 15 is 0 Å². The fraction of sp³-hybridized carbons (Fsp3) is 0.667. The number of nitrogens with zero attached hydrogens (tertiary/aromatic N) is 3. The molecule has 26 heavy (non-hydrogen) atoms. The molecule has 1 aliphatic heterocycles. The molecular weight excluding hydrogens is 326 g/mol. The van der Waals surface area contributed by atoms with Crippen LogP contribution < -0.4 is 4.74 Å². The third-order valence-electron chi connectivity index (χ3n) is 5.25. The van der Waals surface area contributed by atoms with Gasteiger partial charge >= 0.3 is 0 Å². The standard InChI is InChI=1S/C21H35N3O2/c1-17-14-18(2)16-20(15-17)26-13-12-23(5)21(25)7-6-19(3)24-10-8-22(4)9-11-24/h14-16,19H,6-13H2,1-5H3. The first kappa shape index (κ1) is 20.7. The van der Waals surface area contributed by atoms with Crippen LogP contribution in [-0.2, 0) is 4.79 Å². The molecule has 0 bridgehead atoms. The van der Waals surface area contributed by atoms with E-state index in [1.807, 2.05) is 19.2 Å². The van der Waals surface area contributed by atoms with Crippen molar-refractivity contribution in [3.8, 4) is 5.75 Å². The number of benzene rings is 1. The van der Waals surface area contributed by atoms with Gasteiger partial charge in [0, 0.05) is 45.7 Å². The van der Waals surface area contributed by atoms with E-state index < -0.39 is 0 Å². The van der Waals surface area contributed by atoms with Gasteiger partial charge in [-0.15, -0.1) is 0 Å². The van der Waals surface area contributed by atoms with E-state index in [1.165, 1.54) is 11.1 Å². The van der Waals surface area contributed by atoms with Crippen LogP contribution in [0.1, 0.15) is 30.9 Å². The number of carbonyl (C=O) groups excluding carboxylic acids is 1. The molecule has 1 unspecified atom stereocenters. The number of hydrogen-bond donors (Lipinski definition) is 0. The molecule has 1 aliphatic rings. The van der Waals surface area contributed by atoms with Crippen LogP contribution in [0.4, 0.5) is 0 Å². The normalized spacial score (nSPS) is 17.1. The quantitative estimate of drug-likeness (QED) is 0.713. The molecule has 1 atom stereocenters. The van der Waals surface area contributed by atoms with Gasteiger partial charge in [-0.2, -0.15) is 0 Å². The molecule has 1 aromatic carbocycles. The maximum absolute atomic E-state index is 12.4. The molecular formula is C21H35N3O2. The Morgan fingerprint density at radius 1 is 1.15 bits per heavy atom. The number of piperazine rings is 1. The zero-order valence-corrected chi connectivity index (χ0v) is 17.1. The highest BCUT2D eigenvalue weighted by atomic mass is 16.5. The van der Waals surface area contributed by atoms with Crippen molar-refractivity contribution >= 4 is 5.91 Å². The predicted molar refractivity (Wildman–Crippen MR) is 107 cm³/mol. The van der Waals surface area contributed by atoms with Gasteiger partial charge in [0.15, 0.2) is 0 Å². The Bertz CT molecular complexity index is 562. The summed E-state index contributed by atoms with van der Waals surface area (Å²) in [5.74, 6) is 1.09. The van der Waals surface area contributed by atoms with Crippen molar-refractivity contribution in [2.24, 2.45) is 0 Å². The van der Waals surface area contributed by atoms with Crippen molar-refractivity contribution < 1.29 is 9.53 Å². The highest BCUT2D eigenvalue weighted by Crippen LogP contribution is 2.16. The van der Waals surface area contributed by atoms with E-state index in [0.29, 0.717) is 25.6 Å². The minimum absolute atomic E-state index is 0.204. The Morgan fingerprint density at radius 3 is 2.38 bits per heavy atom. The molecule has 1 aromatic rings. The van der Waals surface area contributed by atoms with Gasteiger partial charge in [0.2, 0.25) is 5.91 Å². The molecule has 0 spiro atoms. The van der Waals surface area contributed by atoms with E-state index in [4.69, 9.17) is 4.74 Å². The topological polar surface area (TPSA) is 36.0 Å². The molecule has 2 rings (SSSR count). The second kappa shape index (κ2) is 9.93. The van der Waals surface area contributed by atoms with Crippen LogP contribution in [0.2, 0.25) is 0 Å². The average molecular weight is 362 g/mol.